The Kier molecular flexibility index (Phi) is 4.24. The number of hydrogen-bond acceptors (Lipinski definition) is 0. The second-order valence-electron chi connectivity index (χ2n) is 1.87. The summed E-state index contributed by atoms with van der Waals surface area (Å²) in [6.45, 7) is 3.59. The molecular formula is C9H10Cl2. The maximum atomic E-state index is 5.77. The van der Waals surface area contributed by atoms with Crippen molar-refractivity contribution in [3.63, 3.8) is 0 Å². The van der Waals surface area contributed by atoms with Gasteiger partial charge in [0.1, 0.15) is 0 Å². The summed E-state index contributed by atoms with van der Waals surface area (Å²) in [5, 5.41) is 1.29. The van der Waals surface area contributed by atoms with Crippen LogP contribution >= 0.6 is 23.2 Å². The van der Waals surface area contributed by atoms with Crippen LogP contribution in [0.1, 0.15) is 13.0 Å². The highest BCUT2D eigenvalue weighted by molar-refractivity contribution is 6.35. The standard InChI is InChI=1S/C8H6Cl2.CH4/c1-2-6-3-4-7(9)5-8(6)10;/h2-5H,1H2;1H4. The monoisotopic (exact) mass is 188 g/mol. The van der Waals surface area contributed by atoms with Crippen LogP contribution in [0.15, 0.2) is 24.8 Å². The number of rotatable bonds is 1. The molecule has 0 atom stereocenters. The van der Waals surface area contributed by atoms with E-state index in [0.29, 0.717) is 10.0 Å². The molecule has 1 rings (SSSR count). The summed E-state index contributed by atoms with van der Waals surface area (Å²) < 4.78 is 0. The summed E-state index contributed by atoms with van der Waals surface area (Å²) in [7, 11) is 0. The number of halogens is 2. The van der Waals surface area contributed by atoms with Gasteiger partial charge in [0, 0.05) is 10.0 Å². The van der Waals surface area contributed by atoms with Crippen molar-refractivity contribution in [2.45, 2.75) is 7.43 Å². The maximum absolute atomic E-state index is 5.77. The molecule has 0 aliphatic rings. The fourth-order valence-corrected chi connectivity index (χ4v) is 1.15. The molecule has 0 aromatic heterocycles. The zero-order valence-electron chi connectivity index (χ0n) is 5.27. The van der Waals surface area contributed by atoms with Gasteiger partial charge >= 0.3 is 0 Å². The molecule has 60 valence electrons. The molecule has 0 heterocycles. The fourth-order valence-electron chi connectivity index (χ4n) is 0.667. The average molecular weight is 189 g/mol. The van der Waals surface area contributed by atoms with Crippen LogP contribution in [0.25, 0.3) is 6.08 Å². The van der Waals surface area contributed by atoms with Gasteiger partial charge in [0.2, 0.25) is 0 Å². The Hall–Kier alpha value is -0.460. The normalized spacial score (nSPS) is 8.55. The minimum atomic E-state index is 0. The van der Waals surface area contributed by atoms with E-state index in [2.05, 4.69) is 6.58 Å². The van der Waals surface area contributed by atoms with E-state index in [4.69, 9.17) is 23.2 Å². The maximum Gasteiger partial charge on any atom is 0.0492 e. The van der Waals surface area contributed by atoms with Gasteiger partial charge in [-0.25, -0.2) is 0 Å². The molecule has 0 spiro atoms. The van der Waals surface area contributed by atoms with Crippen LogP contribution in [0.4, 0.5) is 0 Å². The SMILES string of the molecule is C.C=Cc1ccc(Cl)cc1Cl. The van der Waals surface area contributed by atoms with E-state index < -0.39 is 0 Å². The Bertz CT molecular complexity index is 254. The molecule has 0 saturated carbocycles. The Morgan fingerprint density at radius 2 is 1.91 bits per heavy atom. The van der Waals surface area contributed by atoms with Crippen molar-refractivity contribution in [3.8, 4) is 0 Å². The first-order chi connectivity index (χ1) is 4.74. The van der Waals surface area contributed by atoms with Crippen molar-refractivity contribution < 1.29 is 0 Å². The number of hydrogen-bond donors (Lipinski definition) is 0. The Morgan fingerprint density at radius 3 is 2.36 bits per heavy atom. The van der Waals surface area contributed by atoms with E-state index in [0.717, 1.165) is 5.56 Å². The minimum Gasteiger partial charge on any atom is -0.0984 e. The lowest BCUT2D eigenvalue weighted by Crippen LogP contribution is -1.72. The van der Waals surface area contributed by atoms with Gasteiger partial charge in [0.05, 0.1) is 0 Å². The lowest BCUT2D eigenvalue weighted by atomic mass is 10.2. The summed E-state index contributed by atoms with van der Waals surface area (Å²) in [5.74, 6) is 0. The quantitative estimate of drug-likeness (QED) is 0.618. The van der Waals surface area contributed by atoms with Gasteiger partial charge < -0.3 is 0 Å². The molecule has 11 heavy (non-hydrogen) atoms. The zero-order chi connectivity index (χ0) is 7.56. The van der Waals surface area contributed by atoms with E-state index in [1.165, 1.54) is 0 Å². The summed E-state index contributed by atoms with van der Waals surface area (Å²) >= 11 is 11.4. The molecule has 0 aliphatic carbocycles. The van der Waals surface area contributed by atoms with E-state index in [9.17, 15) is 0 Å². The summed E-state index contributed by atoms with van der Waals surface area (Å²) in [5.41, 5.74) is 0.908. The summed E-state index contributed by atoms with van der Waals surface area (Å²) in [6, 6.07) is 5.31. The van der Waals surface area contributed by atoms with Gasteiger partial charge in [-0.2, -0.15) is 0 Å². The molecule has 2 heteroatoms. The van der Waals surface area contributed by atoms with Crippen LogP contribution < -0.4 is 0 Å². The molecule has 1 aromatic carbocycles. The Balaban J connectivity index is 0.000001000. The van der Waals surface area contributed by atoms with Crippen LogP contribution in [-0.4, -0.2) is 0 Å². The smallest absolute Gasteiger partial charge is 0.0492 e. The molecule has 0 amide bonds. The van der Waals surface area contributed by atoms with E-state index in [1.807, 2.05) is 6.07 Å². The van der Waals surface area contributed by atoms with E-state index in [-0.39, 0.29) is 7.43 Å². The van der Waals surface area contributed by atoms with Gasteiger partial charge in [0.25, 0.3) is 0 Å². The summed E-state index contributed by atoms with van der Waals surface area (Å²) in [4.78, 5) is 0. The van der Waals surface area contributed by atoms with Crippen molar-refractivity contribution in [2.75, 3.05) is 0 Å². The van der Waals surface area contributed by atoms with Gasteiger partial charge in [-0.1, -0.05) is 49.3 Å². The third-order valence-corrected chi connectivity index (χ3v) is 1.74. The van der Waals surface area contributed by atoms with Gasteiger partial charge in [0.15, 0.2) is 0 Å². The first kappa shape index (κ1) is 10.5. The predicted octanol–water partition coefficient (Wildman–Crippen LogP) is 4.27. The molecule has 0 saturated heterocycles. The first-order valence-electron chi connectivity index (χ1n) is 2.81. The van der Waals surface area contributed by atoms with Crippen molar-refractivity contribution in [1.82, 2.24) is 0 Å². The summed E-state index contributed by atoms with van der Waals surface area (Å²) in [6.07, 6.45) is 1.69. The second kappa shape index (κ2) is 4.42. The van der Waals surface area contributed by atoms with Gasteiger partial charge in [-0.15, -0.1) is 0 Å². The topological polar surface area (TPSA) is 0 Å². The zero-order valence-corrected chi connectivity index (χ0v) is 6.78. The molecule has 0 nitrogen and oxygen atoms in total. The first-order valence-corrected chi connectivity index (χ1v) is 3.57. The third kappa shape index (κ3) is 2.57. The van der Waals surface area contributed by atoms with E-state index in [1.54, 1.807) is 18.2 Å². The predicted molar refractivity (Wildman–Crippen MR) is 53.3 cm³/mol. The molecule has 0 unspecified atom stereocenters. The molecular weight excluding hydrogens is 179 g/mol. The van der Waals surface area contributed by atoms with Crippen LogP contribution in [0.2, 0.25) is 10.0 Å². The van der Waals surface area contributed by atoms with Crippen LogP contribution in [0.3, 0.4) is 0 Å². The lowest BCUT2D eigenvalue weighted by molar-refractivity contribution is 1.66. The average Bonchev–Trinajstić information content (AvgIpc) is 1.88. The highest BCUT2D eigenvalue weighted by Gasteiger charge is 1.94. The molecule has 0 radical (unpaired) electrons. The second-order valence-corrected chi connectivity index (χ2v) is 2.71. The largest absolute Gasteiger partial charge is 0.0984 e. The minimum absolute atomic E-state index is 0. The Morgan fingerprint density at radius 1 is 1.27 bits per heavy atom. The molecule has 1 aromatic rings. The highest BCUT2D eigenvalue weighted by atomic mass is 35.5. The lowest BCUT2D eigenvalue weighted by Gasteiger charge is -1.96. The molecule has 0 N–H and O–H groups in total. The molecule has 0 fully saturated rings. The van der Waals surface area contributed by atoms with Crippen molar-refractivity contribution >= 4 is 29.3 Å². The van der Waals surface area contributed by atoms with Crippen LogP contribution in [0, 0.1) is 0 Å². The molecule has 0 aliphatic heterocycles. The van der Waals surface area contributed by atoms with Crippen LogP contribution in [0.5, 0.6) is 0 Å². The van der Waals surface area contributed by atoms with Crippen molar-refractivity contribution in [1.29, 1.82) is 0 Å². The van der Waals surface area contributed by atoms with Gasteiger partial charge in [-0.3, -0.25) is 0 Å². The fraction of sp³-hybridized carbons (Fsp3) is 0.111. The number of benzene rings is 1. The van der Waals surface area contributed by atoms with Crippen LogP contribution in [-0.2, 0) is 0 Å². The molecule has 0 bridgehead atoms. The Labute approximate surface area is 77.4 Å². The van der Waals surface area contributed by atoms with Crippen molar-refractivity contribution in [3.05, 3.63) is 40.4 Å². The van der Waals surface area contributed by atoms with Gasteiger partial charge in [-0.05, 0) is 17.7 Å². The van der Waals surface area contributed by atoms with Crippen molar-refractivity contribution in [2.24, 2.45) is 0 Å². The third-order valence-electron chi connectivity index (χ3n) is 1.18. The highest BCUT2D eigenvalue weighted by Crippen LogP contribution is 2.21. The van der Waals surface area contributed by atoms with E-state index >= 15 is 0 Å².